The first-order valence-electron chi connectivity index (χ1n) is 32.5. The lowest BCUT2D eigenvalue weighted by Crippen LogP contribution is -2.61. The van der Waals surface area contributed by atoms with Gasteiger partial charge in [0, 0.05) is 45.2 Å². The molecule has 4 nitrogen and oxygen atoms in total. The highest BCUT2D eigenvalue weighted by Crippen LogP contribution is 2.55. The minimum atomic E-state index is -0.432. The van der Waals surface area contributed by atoms with E-state index in [0.717, 1.165) is 92.9 Å². The summed E-state index contributed by atoms with van der Waals surface area (Å²) in [5.41, 5.74) is 20.4. The van der Waals surface area contributed by atoms with Crippen molar-refractivity contribution in [3.05, 3.63) is 178 Å². The van der Waals surface area contributed by atoms with E-state index >= 15 is 0 Å². The molecule has 418 valence electrons. The van der Waals surface area contributed by atoms with Crippen LogP contribution in [0, 0.1) is 0 Å². The molecular weight excluding hydrogens is 982 g/mol. The van der Waals surface area contributed by atoms with Crippen molar-refractivity contribution in [3.63, 3.8) is 0 Å². The van der Waals surface area contributed by atoms with E-state index in [4.69, 9.17) is 5.79 Å². The monoisotopic (exact) mass is 1080 g/mol. The number of hydrogen-bond donors (Lipinski definition) is 0. The Labute approximate surface area is 494 Å². The first kappa shape index (κ1) is 49.2. The summed E-state index contributed by atoms with van der Waals surface area (Å²) < 4.78 is 54.8. The zero-order valence-electron chi connectivity index (χ0n) is 57.5. The summed E-state index contributed by atoms with van der Waals surface area (Å²) in [6.07, 6.45) is 4.27. The van der Waals surface area contributed by atoms with Crippen molar-refractivity contribution in [2.45, 2.75) is 207 Å². The topological polar surface area (TPSA) is 22.9 Å². The lowest BCUT2D eigenvalue weighted by Gasteiger charge is -2.45. The third-order valence-electron chi connectivity index (χ3n) is 19.4. The zero-order valence-corrected chi connectivity index (χ0v) is 52.5. The Bertz CT molecular complexity index is 4080. The zero-order chi connectivity index (χ0) is 62.5. The standard InChI is InChI=1S/C76H90BN3O/c1-69(2,3)47-26-29-52(30-27-47)78(51-24-22-21-23-25-51)55-43-63-66-64(44-55)80(53-31-32-57-58(42-53)74(15,16)35-34-73(57,13)14)67-56-45-59-60(76(19,20)37-36-75(59,17)18)46-65(56)81-68(67)77(66)61-41-48(70(4,5)6)28-33-62(61)79(63)54-39-49(71(7,8)9)38-50(40-54)72(10,11)12/h21-33,38-46H,34-37H2,1-20H3/i21D,22D,23D,24D,25D. The van der Waals surface area contributed by atoms with Crippen molar-refractivity contribution in [2.24, 2.45) is 0 Å². The second kappa shape index (κ2) is 18.0. The molecule has 0 amide bonds. The summed E-state index contributed by atoms with van der Waals surface area (Å²) in [5, 5.41) is 1.06. The number of hydrogen-bond acceptors (Lipinski definition) is 4. The lowest BCUT2D eigenvalue weighted by molar-refractivity contribution is 0.332. The van der Waals surface area contributed by atoms with E-state index in [0.29, 0.717) is 11.4 Å². The van der Waals surface area contributed by atoms with E-state index in [1.807, 2.05) is 4.90 Å². The van der Waals surface area contributed by atoms with Gasteiger partial charge in [-0.25, -0.2) is 0 Å². The Balaban J connectivity index is 1.30. The first-order valence-corrected chi connectivity index (χ1v) is 30.0. The van der Waals surface area contributed by atoms with Crippen molar-refractivity contribution in [1.29, 1.82) is 0 Å². The van der Waals surface area contributed by atoms with E-state index in [1.165, 1.54) is 38.9 Å². The van der Waals surface area contributed by atoms with E-state index < -0.39 is 6.04 Å². The highest BCUT2D eigenvalue weighted by Gasteiger charge is 2.49. The Hall–Kier alpha value is -6.46. The Kier molecular flexibility index (Phi) is 10.9. The maximum atomic E-state index is 9.83. The van der Waals surface area contributed by atoms with Gasteiger partial charge in [-0.3, -0.25) is 0 Å². The summed E-state index contributed by atoms with van der Waals surface area (Å²) in [6, 6.07) is 37.4. The molecular formula is C76H90BN3O. The largest absolute Gasteiger partial charge is 0.468 e. The molecule has 4 aliphatic rings. The molecule has 81 heavy (non-hydrogen) atoms. The molecule has 2 aliphatic heterocycles. The molecule has 8 aromatic rings. The second-order valence-corrected chi connectivity index (χ2v) is 31.4. The van der Waals surface area contributed by atoms with Crippen LogP contribution in [-0.2, 0) is 43.3 Å². The fourth-order valence-electron chi connectivity index (χ4n) is 13.9. The smallest absolute Gasteiger partial charge is 0.297 e. The summed E-state index contributed by atoms with van der Waals surface area (Å²) in [6.45, 7) is 46.0. The van der Waals surface area contributed by atoms with Gasteiger partial charge in [0.15, 0.2) is 0 Å². The van der Waals surface area contributed by atoms with Crippen molar-refractivity contribution >= 4 is 85.5 Å². The van der Waals surface area contributed by atoms with Crippen molar-refractivity contribution in [3.8, 4) is 0 Å². The quantitative estimate of drug-likeness (QED) is 0.160. The van der Waals surface area contributed by atoms with Gasteiger partial charge in [0.25, 0.3) is 6.71 Å². The summed E-state index contributed by atoms with van der Waals surface area (Å²) in [7, 11) is 0. The van der Waals surface area contributed by atoms with Crippen LogP contribution in [0.15, 0.2) is 138 Å². The van der Waals surface area contributed by atoms with Crippen molar-refractivity contribution in [2.75, 3.05) is 14.7 Å². The SMILES string of the molecule is [2H]c1c([2H])c([2H])c(N(c2ccc(C(C)(C)C)cc2)c2cc3c4c(c2)N(c2ccc5c(c2)C(C)(C)CCC5(C)C)c2c(oc5cc6c(cc25)C(C)(C)CCC6(C)C)B4c2cc(C(C)(C)C)ccc2N3c2cc(C(C)(C)C)cc(C(C)(C)C)c2)c([2H])c1[2H]. The Morgan fingerprint density at radius 2 is 0.951 bits per heavy atom. The summed E-state index contributed by atoms with van der Waals surface area (Å²) in [5.74, 6) is 0. The average molecular weight is 1080 g/mol. The van der Waals surface area contributed by atoms with Crippen LogP contribution in [0.1, 0.15) is 216 Å². The van der Waals surface area contributed by atoms with Gasteiger partial charge in [0.1, 0.15) is 5.58 Å². The number of rotatable bonds is 5. The van der Waals surface area contributed by atoms with Crippen LogP contribution in [0.25, 0.3) is 11.0 Å². The summed E-state index contributed by atoms with van der Waals surface area (Å²) >= 11 is 0. The Morgan fingerprint density at radius 1 is 0.444 bits per heavy atom. The Morgan fingerprint density at radius 3 is 1.51 bits per heavy atom. The highest BCUT2D eigenvalue weighted by atomic mass is 16.3. The van der Waals surface area contributed by atoms with Crippen LogP contribution in [0.5, 0.6) is 0 Å². The molecule has 0 N–H and O–H groups in total. The van der Waals surface area contributed by atoms with Crippen LogP contribution in [0.4, 0.5) is 51.2 Å². The fourth-order valence-corrected chi connectivity index (χ4v) is 13.9. The summed E-state index contributed by atoms with van der Waals surface area (Å²) in [4.78, 5) is 6.90. The average Bonchev–Trinajstić information content (AvgIpc) is 1.27. The van der Waals surface area contributed by atoms with E-state index in [9.17, 15) is 5.48 Å². The molecule has 1 aromatic heterocycles. The number of nitrogens with zero attached hydrogens (tertiary/aromatic N) is 3. The molecule has 0 radical (unpaired) electrons. The maximum Gasteiger partial charge on any atom is 0.297 e. The number of furan rings is 1. The molecule has 2 aliphatic carbocycles. The predicted molar refractivity (Wildman–Crippen MR) is 350 cm³/mol. The van der Waals surface area contributed by atoms with Crippen molar-refractivity contribution in [1.82, 2.24) is 0 Å². The highest BCUT2D eigenvalue weighted by molar-refractivity contribution is 7.00. The third-order valence-corrected chi connectivity index (χ3v) is 19.4. The maximum absolute atomic E-state index is 9.83. The molecule has 5 heteroatoms. The van der Waals surface area contributed by atoms with Gasteiger partial charge in [-0.1, -0.05) is 193 Å². The van der Waals surface area contributed by atoms with Gasteiger partial charge in [-0.2, -0.15) is 0 Å². The van der Waals surface area contributed by atoms with Gasteiger partial charge < -0.3 is 19.1 Å². The minimum absolute atomic E-state index is 0.0319. The molecule has 0 unspecified atom stereocenters. The number of anilines is 9. The molecule has 0 atom stereocenters. The molecule has 7 aromatic carbocycles. The van der Waals surface area contributed by atoms with Gasteiger partial charge in [0.2, 0.25) is 0 Å². The minimum Gasteiger partial charge on any atom is -0.468 e. The van der Waals surface area contributed by atoms with Gasteiger partial charge in [-0.15, -0.1) is 0 Å². The third kappa shape index (κ3) is 9.09. The number of fused-ring (bicyclic) bond motifs is 8. The van der Waals surface area contributed by atoms with Gasteiger partial charge in [0.05, 0.1) is 23.9 Å². The molecule has 0 bridgehead atoms. The van der Waals surface area contributed by atoms with Crippen LogP contribution in [0.2, 0.25) is 0 Å². The predicted octanol–water partition coefficient (Wildman–Crippen LogP) is 19.9. The first-order chi connectivity index (χ1) is 39.7. The van der Waals surface area contributed by atoms with Crippen LogP contribution >= 0.6 is 0 Å². The van der Waals surface area contributed by atoms with E-state index in [2.05, 4.69) is 251 Å². The molecule has 0 saturated heterocycles. The lowest BCUT2D eigenvalue weighted by atomic mass is 9.35. The molecule has 0 fully saturated rings. The molecule has 3 heterocycles. The second-order valence-electron chi connectivity index (χ2n) is 31.4. The number of para-hydroxylation sites is 1. The molecule has 0 spiro atoms. The van der Waals surface area contributed by atoms with Crippen LogP contribution in [-0.4, -0.2) is 6.71 Å². The molecule has 12 rings (SSSR count). The van der Waals surface area contributed by atoms with Crippen LogP contribution < -0.4 is 31.3 Å². The van der Waals surface area contributed by atoms with Gasteiger partial charge >= 0.3 is 0 Å². The van der Waals surface area contributed by atoms with Crippen LogP contribution in [0.3, 0.4) is 0 Å². The fraction of sp³-hybridized carbons (Fsp3) is 0.421. The molecule has 0 saturated carbocycles. The van der Waals surface area contributed by atoms with E-state index in [1.54, 1.807) is 0 Å². The normalized spacial score (nSPS) is 18.6. The van der Waals surface area contributed by atoms with Crippen molar-refractivity contribution < 1.29 is 11.3 Å². The number of benzene rings is 7. The van der Waals surface area contributed by atoms with E-state index in [-0.39, 0.29) is 79.9 Å². The van der Waals surface area contributed by atoms with Gasteiger partial charge in [-0.05, 0) is 203 Å².